The lowest BCUT2D eigenvalue weighted by atomic mass is 10.2. The van der Waals surface area contributed by atoms with Crippen LogP contribution in [-0.4, -0.2) is 5.97 Å². The van der Waals surface area contributed by atoms with Crippen molar-refractivity contribution in [2.75, 3.05) is 5.73 Å². The number of ether oxygens (including phenoxy) is 1. The van der Waals surface area contributed by atoms with Gasteiger partial charge in [0.1, 0.15) is 6.61 Å². The highest BCUT2D eigenvalue weighted by molar-refractivity contribution is 6.30. The highest BCUT2D eigenvalue weighted by atomic mass is 35.5. The minimum Gasteiger partial charge on any atom is -0.457 e. The Bertz CT molecular complexity index is 535. The van der Waals surface area contributed by atoms with Crippen molar-refractivity contribution in [3.05, 3.63) is 64.7 Å². The molecule has 2 rings (SSSR count). The molecule has 3 nitrogen and oxygen atoms in total. The summed E-state index contributed by atoms with van der Waals surface area (Å²) >= 11 is 5.77. The number of anilines is 1. The first kappa shape index (κ1) is 12.5. The molecular weight excluding hydrogens is 250 g/mol. The van der Waals surface area contributed by atoms with Crippen LogP contribution in [0.1, 0.15) is 15.9 Å². The third-order valence-electron chi connectivity index (χ3n) is 2.43. The van der Waals surface area contributed by atoms with Crippen LogP contribution in [0.2, 0.25) is 5.02 Å². The van der Waals surface area contributed by atoms with E-state index in [0.717, 1.165) is 5.56 Å². The minimum atomic E-state index is -0.370. The van der Waals surface area contributed by atoms with Crippen LogP contribution >= 0.6 is 11.6 Å². The summed E-state index contributed by atoms with van der Waals surface area (Å²) in [5.74, 6) is -0.370. The molecule has 0 aliphatic carbocycles. The first-order valence-electron chi connectivity index (χ1n) is 5.42. The second kappa shape index (κ2) is 5.56. The summed E-state index contributed by atoms with van der Waals surface area (Å²) in [4.78, 5) is 11.7. The van der Waals surface area contributed by atoms with Gasteiger partial charge in [0.15, 0.2) is 0 Å². The zero-order valence-corrected chi connectivity index (χ0v) is 10.4. The molecule has 4 heteroatoms. The number of carbonyl (C=O) groups is 1. The van der Waals surface area contributed by atoms with E-state index < -0.39 is 0 Å². The Morgan fingerprint density at radius 1 is 1.06 bits per heavy atom. The Hall–Kier alpha value is -2.00. The van der Waals surface area contributed by atoms with Gasteiger partial charge < -0.3 is 10.5 Å². The lowest BCUT2D eigenvalue weighted by Gasteiger charge is -2.05. The van der Waals surface area contributed by atoms with Crippen molar-refractivity contribution in [2.45, 2.75) is 6.61 Å². The number of nitrogen functional groups attached to an aromatic ring is 1. The summed E-state index contributed by atoms with van der Waals surface area (Å²) < 4.78 is 5.17. The molecule has 0 aromatic heterocycles. The van der Waals surface area contributed by atoms with Crippen LogP contribution < -0.4 is 5.73 Å². The second-order valence-electron chi connectivity index (χ2n) is 3.82. The Kier molecular flexibility index (Phi) is 3.85. The molecule has 0 spiro atoms. The highest BCUT2D eigenvalue weighted by Gasteiger charge is 2.06. The van der Waals surface area contributed by atoms with E-state index >= 15 is 0 Å². The molecule has 2 aromatic carbocycles. The van der Waals surface area contributed by atoms with E-state index in [1.807, 2.05) is 12.1 Å². The molecule has 18 heavy (non-hydrogen) atoms. The van der Waals surface area contributed by atoms with Gasteiger partial charge in [-0.3, -0.25) is 0 Å². The standard InChI is InChI=1S/C14H12ClNO2/c15-12-5-1-10(2-6-12)9-18-14(17)11-3-7-13(16)8-4-11/h1-8H,9,16H2. The van der Waals surface area contributed by atoms with E-state index in [2.05, 4.69) is 0 Å². The van der Waals surface area contributed by atoms with Gasteiger partial charge in [-0.1, -0.05) is 23.7 Å². The maximum absolute atomic E-state index is 11.7. The van der Waals surface area contributed by atoms with E-state index in [0.29, 0.717) is 16.3 Å². The van der Waals surface area contributed by atoms with Gasteiger partial charge in [-0.25, -0.2) is 4.79 Å². The van der Waals surface area contributed by atoms with Crippen molar-refractivity contribution in [3.8, 4) is 0 Å². The fourth-order valence-corrected chi connectivity index (χ4v) is 1.56. The molecule has 92 valence electrons. The maximum Gasteiger partial charge on any atom is 0.338 e. The molecule has 0 heterocycles. The number of benzene rings is 2. The number of hydrogen-bond donors (Lipinski definition) is 1. The first-order chi connectivity index (χ1) is 8.65. The summed E-state index contributed by atoms with van der Waals surface area (Å²) in [5.41, 5.74) is 7.53. The summed E-state index contributed by atoms with van der Waals surface area (Å²) in [7, 11) is 0. The second-order valence-corrected chi connectivity index (χ2v) is 4.26. The molecule has 2 N–H and O–H groups in total. The number of nitrogens with two attached hydrogens (primary N) is 1. The monoisotopic (exact) mass is 261 g/mol. The lowest BCUT2D eigenvalue weighted by Crippen LogP contribution is -2.05. The predicted octanol–water partition coefficient (Wildman–Crippen LogP) is 3.28. The molecule has 0 bridgehead atoms. The van der Waals surface area contributed by atoms with Gasteiger partial charge in [0.05, 0.1) is 5.56 Å². The van der Waals surface area contributed by atoms with Crippen molar-refractivity contribution in [1.82, 2.24) is 0 Å². The topological polar surface area (TPSA) is 52.3 Å². The van der Waals surface area contributed by atoms with Gasteiger partial charge in [0, 0.05) is 10.7 Å². The normalized spacial score (nSPS) is 10.1. The number of rotatable bonds is 3. The van der Waals surface area contributed by atoms with Gasteiger partial charge >= 0.3 is 5.97 Å². The van der Waals surface area contributed by atoms with Gasteiger partial charge in [-0.15, -0.1) is 0 Å². The summed E-state index contributed by atoms with van der Waals surface area (Å²) in [6, 6.07) is 13.8. The summed E-state index contributed by atoms with van der Waals surface area (Å²) in [6.45, 7) is 0.223. The van der Waals surface area contributed by atoms with Crippen molar-refractivity contribution >= 4 is 23.3 Å². The average Bonchev–Trinajstić information content (AvgIpc) is 2.38. The molecule has 0 saturated heterocycles. The van der Waals surface area contributed by atoms with Gasteiger partial charge in [0.25, 0.3) is 0 Å². The van der Waals surface area contributed by atoms with Crippen molar-refractivity contribution < 1.29 is 9.53 Å². The molecule has 0 radical (unpaired) electrons. The van der Waals surface area contributed by atoms with Crippen LogP contribution in [0.5, 0.6) is 0 Å². The van der Waals surface area contributed by atoms with Crippen LogP contribution in [0.3, 0.4) is 0 Å². The molecule has 0 aliphatic heterocycles. The van der Waals surface area contributed by atoms with E-state index in [1.165, 1.54) is 0 Å². The van der Waals surface area contributed by atoms with E-state index in [9.17, 15) is 4.79 Å². The SMILES string of the molecule is Nc1ccc(C(=O)OCc2ccc(Cl)cc2)cc1. The molecule has 0 amide bonds. The Labute approximate surface area is 110 Å². The van der Waals surface area contributed by atoms with Crippen molar-refractivity contribution in [1.29, 1.82) is 0 Å². The van der Waals surface area contributed by atoms with Crippen LogP contribution in [0.25, 0.3) is 0 Å². The average molecular weight is 262 g/mol. The predicted molar refractivity (Wildman–Crippen MR) is 71.4 cm³/mol. The maximum atomic E-state index is 11.7. The highest BCUT2D eigenvalue weighted by Crippen LogP contribution is 2.12. The van der Waals surface area contributed by atoms with Gasteiger partial charge in [0.2, 0.25) is 0 Å². The van der Waals surface area contributed by atoms with Crippen molar-refractivity contribution in [3.63, 3.8) is 0 Å². The smallest absolute Gasteiger partial charge is 0.338 e. The van der Waals surface area contributed by atoms with E-state index in [1.54, 1.807) is 36.4 Å². The molecule has 0 fully saturated rings. The van der Waals surface area contributed by atoms with Crippen molar-refractivity contribution in [2.24, 2.45) is 0 Å². The first-order valence-corrected chi connectivity index (χ1v) is 5.80. The molecule has 0 atom stereocenters. The molecule has 0 unspecified atom stereocenters. The summed E-state index contributed by atoms with van der Waals surface area (Å²) in [5, 5.41) is 0.656. The fourth-order valence-electron chi connectivity index (χ4n) is 1.43. The van der Waals surface area contributed by atoms with Crippen LogP contribution in [0, 0.1) is 0 Å². The number of carbonyl (C=O) groups excluding carboxylic acids is 1. The number of esters is 1. The lowest BCUT2D eigenvalue weighted by molar-refractivity contribution is 0.0473. The zero-order valence-electron chi connectivity index (χ0n) is 9.60. The fraction of sp³-hybridized carbons (Fsp3) is 0.0714. The molecular formula is C14H12ClNO2. The Balaban J connectivity index is 1.96. The Morgan fingerprint density at radius 2 is 1.67 bits per heavy atom. The van der Waals surface area contributed by atoms with E-state index in [-0.39, 0.29) is 12.6 Å². The third-order valence-corrected chi connectivity index (χ3v) is 2.68. The van der Waals surface area contributed by atoms with Crippen LogP contribution in [-0.2, 0) is 11.3 Å². The zero-order chi connectivity index (χ0) is 13.0. The van der Waals surface area contributed by atoms with Gasteiger partial charge in [-0.05, 0) is 42.0 Å². The number of halogens is 1. The quantitative estimate of drug-likeness (QED) is 0.681. The third kappa shape index (κ3) is 3.25. The van der Waals surface area contributed by atoms with E-state index in [4.69, 9.17) is 22.1 Å². The Morgan fingerprint density at radius 3 is 2.28 bits per heavy atom. The van der Waals surface area contributed by atoms with Crippen LogP contribution in [0.4, 0.5) is 5.69 Å². The molecule has 0 saturated carbocycles. The molecule has 0 aliphatic rings. The van der Waals surface area contributed by atoms with Crippen LogP contribution in [0.15, 0.2) is 48.5 Å². The minimum absolute atomic E-state index is 0.223. The largest absolute Gasteiger partial charge is 0.457 e. The molecule has 2 aromatic rings. The summed E-state index contributed by atoms with van der Waals surface area (Å²) in [6.07, 6.45) is 0. The van der Waals surface area contributed by atoms with Gasteiger partial charge in [-0.2, -0.15) is 0 Å². The number of hydrogen-bond acceptors (Lipinski definition) is 3.